The van der Waals surface area contributed by atoms with E-state index in [2.05, 4.69) is 15.5 Å². The van der Waals surface area contributed by atoms with Crippen LogP contribution < -0.4 is 15.8 Å². The zero-order chi connectivity index (χ0) is 18.6. The minimum Gasteiger partial charge on any atom is -0.490 e. The van der Waals surface area contributed by atoms with E-state index in [-0.39, 0.29) is 12.0 Å². The van der Waals surface area contributed by atoms with Crippen LogP contribution in [0.15, 0.2) is 42.5 Å². The van der Waals surface area contributed by atoms with Gasteiger partial charge in [0.15, 0.2) is 5.82 Å². The fourth-order valence-corrected chi connectivity index (χ4v) is 3.58. The fraction of sp³-hybridized carbons (Fsp3) is 0.333. The van der Waals surface area contributed by atoms with Crippen molar-refractivity contribution in [3.63, 3.8) is 0 Å². The molecule has 2 aromatic carbocycles. The van der Waals surface area contributed by atoms with Crippen molar-refractivity contribution in [1.29, 1.82) is 0 Å². The van der Waals surface area contributed by atoms with E-state index in [4.69, 9.17) is 10.5 Å². The monoisotopic (exact) mass is 364 g/mol. The number of fused-ring (bicyclic) bond motifs is 1. The van der Waals surface area contributed by atoms with Crippen LogP contribution in [0.2, 0.25) is 0 Å². The number of H-pyrrole nitrogens is 1. The maximum atomic E-state index is 12.6. The maximum absolute atomic E-state index is 12.6. The summed E-state index contributed by atoms with van der Waals surface area (Å²) >= 11 is 0. The first-order valence-corrected chi connectivity index (χ1v) is 9.47. The molecule has 6 heteroatoms. The van der Waals surface area contributed by atoms with E-state index in [9.17, 15) is 4.79 Å². The Hall–Kier alpha value is -3.02. The Labute approximate surface area is 158 Å². The summed E-state index contributed by atoms with van der Waals surface area (Å²) in [6.07, 6.45) is 6.23. The van der Waals surface area contributed by atoms with Gasteiger partial charge >= 0.3 is 0 Å². The minimum atomic E-state index is -0.148. The molecule has 1 aromatic heterocycles. The molecule has 4 N–H and O–H groups in total. The van der Waals surface area contributed by atoms with Crippen molar-refractivity contribution < 1.29 is 9.53 Å². The number of aromatic amines is 1. The van der Waals surface area contributed by atoms with Crippen molar-refractivity contribution in [3.05, 3.63) is 53.6 Å². The maximum Gasteiger partial charge on any atom is 0.251 e. The molecule has 0 aliphatic heterocycles. The number of ether oxygens (including phenoxy) is 1. The number of nitrogens with zero attached hydrogens (tertiary/aromatic N) is 1. The highest BCUT2D eigenvalue weighted by atomic mass is 16.5. The third-order valence-electron chi connectivity index (χ3n) is 5.11. The summed E-state index contributed by atoms with van der Waals surface area (Å²) in [7, 11) is 0. The average Bonchev–Trinajstić information content (AvgIpc) is 3.08. The van der Waals surface area contributed by atoms with E-state index < -0.39 is 0 Å². The van der Waals surface area contributed by atoms with Crippen LogP contribution in [-0.4, -0.2) is 22.2 Å². The second-order valence-corrected chi connectivity index (χ2v) is 7.04. The molecular weight excluding hydrogens is 340 g/mol. The number of amides is 1. The van der Waals surface area contributed by atoms with Gasteiger partial charge in [0.2, 0.25) is 0 Å². The first-order valence-electron chi connectivity index (χ1n) is 9.47. The van der Waals surface area contributed by atoms with Crippen molar-refractivity contribution in [3.8, 4) is 5.75 Å². The van der Waals surface area contributed by atoms with Crippen LogP contribution in [0.25, 0.3) is 10.9 Å². The Morgan fingerprint density at radius 3 is 2.85 bits per heavy atom. The second kappa shape index (κ2) is 7.70. The van der Waals surface area contributed by atoms with Crippen LogP contribution in [-0.2, 0) is 6.54 Å². The van der Waals surface area contributed by atoms with E-state index in [1.165, 1.54) is 19.3 Å². The number of carbonyl (C=O) groups excluding carboxylic acids is 1. The number of nitrogen functional groups attached to an aromatic ring is 1. The van der Waals surface area contributed by atoms with Crippen LogP contribution in [0, 0.1) is 0 Å². The van der Waals surface area contributed by atoms with Gasteiger partial charge in [-0.3, -0.25) is 9.89 Å². The molecule has 3 aromatic rings. The predicted octanol–water partition coefficient (Wildman–Crippen LogP) is 3.79. The molecule has 4 rings (SSSR count). The SMILES string of the molecule is Nc1n[nH]c2ccc(C(=O)NCc3ccccc3OC3CCCCC3)cc12. The molecule has 27 heavy (non-hydrogen) atoms. The molecule has 1 aliphatic carbocycles. The summed E-state index contributed by atoms with van der Waals surface area (Å²) in [5, 5.41) is 10.5. The Balaban J connectivity index is 1.44. The van der Waals surface area contributed by atoms with Crippen LogP contribution in [0.5, 0.6) is 5.75 Å². The average molecular weight is 364 g/mol. The first kappa shape index (κ1) is 17.4. The van der Waals surface area contributed by atoms with Gasteiger partial charge in [-0.15, -0.1) is 0 Å². The van der Waals surface area contributed by atoms with Crippen LogP contribution in [0.3, 0.4) is 0 Å². The highest BCUT2D eigenvalue weighted by molar-refractivity contribution is 6.00. The lowest BCUT2D eigenvalue weighted by Crippen LogP contribution is -2.24. The summed E-state index contributed by atoms with van der Waals surface area (Å²) in [6.45, 7) is 0.417. The number of para-hydroxylation sites is 1. The van der Waals surface area contributed by atoms with Gasteiger partial charge in [-0.25, -0.2) is 0 Å². The Kier molecular flexibility index (Phi) is 4.96. The molecule has 6 nitrogen and oxygen atoms in total. The molecule has 0 bridgehead atoms. The van der Waals surface area contributed by atoms with E-state index in [0.717, 1.165) is 35.1 Å². The molecule has 0 saturated heterocycles. The molecule has 140 valence electrons. The molecule has 1 aliphatic rings. The van der Waals surface area contributed by atoms with E-state index in [0.29, 0.717) is 17.9 Å². The molecule has 0 unspecified atom stereocenters. The zero-order valence-corrected chi connectivity index (χ0v) is 15.2. The van der Waals surface area contributed by atoms with Gasteiger partial charge in [-0.2, -0.15) is 5.10 Å². The number of nitrogens with two attached hydrogens (primary N) is 1. The Morgan fingerprint density at radius 1 is 1.19 bits per heavy atom. The molecule has 1 heterocycles. The number of hydrogen-bond donors (Lipinski definition) is 3. The summed E-state index contributed by atoms with van der Waals surface area (Å²) in [5.74, 6) is 1.11. The fourth-order valence-electron chi connectivity index (χ4n) is 3.58. The van der Waals surface area contributed by atoms with Crippen LogP contribution >= 0.6 is 0 Å². The summed E-state index contributed by atoms with van der Waals surface area (Å²) in [6, 6.07) is 13.2. The van der Waals surface area contributed by atoms with Crippen molar-refractivity contribution >= 4 is 22.6 Å². The van der Waals surface area contributed by atoms with Gasteiger partial charge in [-0.05, 0) is 49.9 Å². The molecule has 0 atom stereocenters. The normalized spacial score (nSPS) is 15.0. The number of hydrogen-bond acceptors (Lipinski definition) is 4. The van der Waals surface area contributed by atoms with Crippen molar-refractivity contribution in [2.24, 2.45) is 0 Å². The van der Waals surface area contributed by atoms with E-state index in [1.807, 2.05) is 30.3 Å². The summed E-state index contributed by atoms with van der Waals surface area (Å²) < 4.78 is 6.21. The number of aromatic nitrogens is 2. The number of nitrogens with one attached hydrogen (secondary N) is 2. The number of benzene rings is 2. The zero-order valence-electron chi connectivity index (χ0n) is 15.2. The standard InChI is InChI=1S/C21H24N4O2/c22-20-17-12-14(10-11-18(17)24-25-20)21(26)23-13-15-6-4-5-9-19(15)27-16-7-2-1-3-8-16/h4-6,9-12,16H,1-3,7-8,13H2,(H,23,26)(H3,22,24,25). The Morgan fingerprint density at radius 2 is 2.00 bits per heavy atom. The number of carbonyl (C=O) groups is 1. The van der Waals surface area contributed by atoms with Crippen LogP contribution in [0.4, 0.5) is 5.82 Å². The van der Waals surface area contributed by atoms with E-state index >= 15 is 0 Å². The van der Waals surface area contributed by atoms with Gasteiger partial charge in [-0.1, -0.05) is 24.6 Å². The predicted molar refractivity (Wildman–Crippen MR) is 106 cm³/mol. The van der Waals surface area contributed by atoms with Crippen molar-refractivity contribution in [2.75, 3.05) is 5.73 Å². The highest BCUT2D eigenvalue weighted by Crippen LogP contribution is 2.26. The van der Waals surface area contributed by atoms with Gasteiger partial charge in [0, 0.05) is 23.1 Å². The second-order valence-electron chi connectivity index (χ2n) is 7.04. The molecule has 1 saturated carbocycles. The van der Waals surface area contributed by atoms with Gasteiger partial charge in [0.05, 0.1) is 11.6 Å². The minimum absolute atomic E-state index is 0.148. The smallest absolute Gasteiger partial charge is 0.251 e. The molecule has 0 spiro atoms. The van der Waals surface area contributed by atoms with Crippen molar-refractivity contribution in [1.82, 2.24) is 15.5 Å². The van der Waals surface area contributed by atoms with E-state index in [1.54, 1.807) is 12.1 Å². The van der Waals surface area contributed by atoms with Gasteiger partial charge in [0.25, 0.3) is 5.91 Å². The lowest BCUT2D eigenvalue weighted by Gasteiger charge is -2.24. The van der Waals surface area contributed by atoms with Gasteiger partial charge < -0.3 is 15.8 Å². The molecular formula is C21H24N4O2. The molecule has 1 fully saturated rings. The number of rotatable bonds is 5. The lowest BCUT2D eigenvalue weighted by atomic mass is 9.97. The largest absolute Gasteiger partial charge is 0.490 e. The Bertz CT molecular complexity index is 944. The number of anilines is 1. The van der Waals surface area contributed by atoms with Gasteiger partial charge in [0.1, 0.15) is 5.75 Å². The van der Waals surface area contributed by atoms with Crippen molar-refractivity contribution in [2.45, 2.75) is 44.8 Å². The highest BCUT2D eigenvalue weighted by Gasteiger charge is 2.17. The lowest BCUT2D eigenvalue weighted by molar-refractivity contribution is 0.0950. The third kappa shape index (κ3) is 3.89. The summed E-state index contributed by atoms with van der Waals surface area (Å²) in [5.41, 5.74) is 8.19. The van der Waals surface area contributed by atoms with Crippen LogP contribution in [0.1, 0.15) is 48.0 Å². The third-order valence-corrected chi connectivity index (χ3v) is 5.11. The molecule has 1 amide bonds. The first-order chi connectivity index (χ1) is 13.2. The molecule has 0 radical (unpaired) electrons. The quantitative estimate of drug-likeness (QED) is 0.642. The summed E-state index contributed by atoms with van der Waals surface area (Å²) in [4.78, 5) is 12.6. The topological polar surface area (TPSA) is 93.0 Å².